The van der Waals surface area contributed by atoms with Gasteiger partial charge in [-0.2, -0.15) is 0 Å². The first kappa shape index (κ1) is 35.4. The van der Waals surface area contributed by atoms with E-state index in [2.05, 4.69) is 15.3 Å². The van der Waals surface area contributed by atoms with Crippen LogP contribution in [0.1, 0.15) is 40.3 Å². The molecule has 0 saturated heterocycles. The number of hydrogen-bond donors (Lipinski definition) is 2. The Labute approximate surface area is 294 Å². The van der Waals surface area contributed by atoms with Crippen LogP contribution in [0.4, 0.5) is 0 Å². The fourth-order valence-electron chi connectivity index (χ4n) is 5.56. The minimum atomic E-state index is -1.58. The topological polar surface area (TPSA) is 147 Å². The largest absolute Gasteiger partial charge is 0.497 e. The lowest BCUT2D eigenvalue weighted by atomic mass is 9.80. The van der Waals surface area contributed by atoms with E-state index in [9.17, 15) is 4.79 Å². The van der Waals surface area contributed by atoms with Crippen molar-refractivity contribution in [1.29, 1.82) is 0 Å². The van der Waals surface area contributed by atoms with Crippen molar-refractivity contribution in [2.45, 2.75) is 37.6 Å². The minimum absolute atomic E-state index is 0.0267. The maximum atomic E-state index is 14.8. The molecule has 0 fully saturated rings. The summed E-state index contributed by atoms with van der Waals surface area (Å²) < 4.78 is 23.2. The first-order valence-corrected chi connectivity index (χ1v) is 16.2. The molecule has 11 nitrogen and oxygen atoms in total. The van der Waals surface area contributed by atoms with Crippen molar-refractivity contribution in [3.63, 3.8) is 0 Å². The third-order valence-corrected chi connectivity index (χ3v) is 8.58. The van der Waals surface area contributed by atoms with E-state index >= 15 is 0 Å². The Balaban J connectivity index is 1.62. The molecule has 0 aromatic heterocycles. The number of carbonyl (C=O) groups is 1. The molecule has 2 atom stereocenters. The fraction of sp³-hybridized carbons (Fsp3) is 0.278. The Bertz CT molecular complexity index is 1840. The van der Waals surface area contributed by atoms with E-state index in [4.69, 9.17) is 57.8 Å². The number of nitrogens with one attached hydrogen (secondary N) is 1. The van der Waals surface area contributed by atoms with Gasteiger partial charge in [0.1, 0.15) is 17.2 Å². The van der Waals surface area contributed by atoms with Crippen molar-refractivity contribution in [1.82, 2.24) is 5.32 Å². The lowest BCUT2D eigenvalue weighted by Crippen LogP contribution is -2.50. The van der Waals surface area contributed by atoms with E-state index in [1.165, 1.54) is 0 Å². The second-order valence-corrected chi connectivity index (χ2v) is 12.0. The Morgan fingerprint density at radius 2 is 1.71 bits per heavy atom. The molecule has 1 aliphatic rings. The first-order chi connectivity index (χ1) is 23.8. The van der Waals surface area contributed by atoms with Gasteiger partial charge in [0.15, 0.2) is 11.6 Å². The van der Waals surface area contributed by atoms with E-state index < -0.39 is 17.6 Å². The van der Waals surface area contributed by atoms with Crippen molar-refractivity contribution in [2.75, 3.05) is 27.4 Å². The average Bonchev–Trinajstić information content (AvgIpc) is 3.50. The standard InChI is InChI=1S/C36H35Cl2N5O6/c1-46-29-16-23(17-30(19-29)47-2)21-40-35(45)36(20-25-6-3-4-7-26(25)22-41-43-39)33(31-13-10-27(37)18-32(31)38)49-34(42-36)24-8-11-28(12-9-24)48-15-5-14-44/h3-4,6-13,16-19,33,44H,5,14-15,20-22H2,1-2H3,(H,40,45)/t33-,36-/m1/s1. The summed E-state index contributed by atoms with van der Waals surface area (Å²) in [7, 11) is 3.11. The summed E-state index contributed by atoms with van der Waals surface area (Å²) in [6.45, 7) is 0.594. The SMILES string of the molecule is COc1cc(CNC(=O)[C@]2(Cc3ccccc3CN=[N+]=[N-])N=C(c3ccc(OCCCO)cc3)O[C@@H]2c2ccc(Cl)cc2Cl)cc(OC)c1. The van der Waals surface area contributed by atoms with Crippen molar-refractivity contribution in [3.8, 4) is 17.2 Å². The fourth-order valence-corrected chi connectivity index (χ4v) is 6.07. The van der Waals surface area contributed by atoms with E-state index in [1.54, 1.807) is 62.8 Å². The summed E-state index contributed by atoms with van der Waals surface area (Å²) in [5.41, 5.74) is 10.8. The smallest absolute Gasteiger partial charge is 0.252 e. The van der Waals surface area contributed by atoms with Crippen LogP contribution in [0.5, 0.6) is 17.2 Å². The van der Waals surface area contributed by atoms with E-state index in [1.807, 2.05) is 36.4 Å². The van der Waals surface area contributed by atoms with Gasteiger partial charge in [-0.1, -0.05) is 58.6 Å². The summed E-state index contributed by atoms with van der Waals surface area (Å²) in [6, 6.07) is 24.9. The van der Waals surface area contributed by atoms with Gasteiger partial charge in [-0.25, -0.2) is 4.99 Å². The van der Waals surface area contributed by atoms with Crippen LogP contribution in [0.15, 0.2) is 95.0 Å². The number of halogens is 2. The van der Waals surface area contributed by atoms with Crippen molar-refractivity contribution >= 4 is 35.0 Å². The third-order valence-electron chi connectivity index (χ3n) is 8.02. The number of methoxy groups -OCH3 is 2. The highest BCUT2D eigenvalue weighted by Crippen LogP contribution is 2.45. The first-order valence-electron chi connectivity index (χ1n) is 15.4. The number of aliphatic imine (C=N–C) groups is 1. The molecule has 0 bridgehead atoms. The molecule has 1 amide bonds. The molecular weight excluding hydrogens is 669 g/mol. The summed E-state index contributed by atoms with van der Waals surface area (Å²) >= 11 is 13.1. The molecule has 0 saturated carbocycles. The summed E-state index contributed by atoms with van der Waals surface area (Å²) in [5.74, 6) is 1.55. The Kier molecular flexibility index (Phi) is 11.9. The number of nitrogens with zero attached hydrogens (tertiary/aromatic N) is 4. The Hall–Kier alpha value is -4.93. The molecule has 4 aromatic rings. The molecule has 2 N–H and O–H groups in total. The van der Waals surface area contributed by atoms with Crippen LogP contribution in [0, 0.1) is 0 Å². The maximum absolute atomic E-state index is 14.8. The second kappa shape index (κ2) is 16.5. The number of aliphatic hydroxyl groups excluding tert-OH is 1. The van der Waals surface area contributed by atoms with Gasteiger partial charge >= 0.3 is 0 Å². The molecule has 0 unspecified atom stereocenters. The number of aliphatic hydroxyl groups is 1. The zero-order valence-electron chi connectivity index (χ0n) is 26.9. The molecular formula is C36H35Cl2N5O6. The lowest BCUT2D eigenvalue weighted by molar-refractivity contribution is -0.129. The number of amides is 1. The summed E-state index contributed by atoms with van der Waals surface area (Å²) in [5, 5.41) is 16.7. The monoisotopic (exact) mass is 703 g/mol. The van der Waals surface area contributed by atoms with E-state index in [0.717, 1.165) is 16.7 Å². The van der Waals surface area contributed by atoms with Gasteiger partial charge in [0.25, 0.3) is 5.91 Å². The number of carbonyl (C=O) groups excluding carboxylic acids is 1. The molecule has 1 aliphatic heterocycles. The van der Waals surface area contributed by atoms with Crippen molar-refractivity contribution in [2.24, 2.45) is 10.1 Å². The van der Waals surface area contributed by atoms with Gasteiger partial charge in [0.2, 0.25) is 5.90 Å². The summed E-state index contributed by atoms with van der Waals surface area (Å²) in [6.07, 6.45) is -0.407. The highest BCUT2D eigenvalue weighted by molar-refractivity contribution is 6.35. The zero-order valence-corrected chi connectivity index (χ0v) is 28.4. The molecule has 1 heterocycles. The van der Waals surface area contributed by atoms with Gasteiger partial charge in [0.05, 0.1) is 27.4 Å². The van der Waals surface area contributed by atoms with E-state index in [0.29, 0.717) is 51.4 Å². The van der Waals surface area contributed by atoms with Gasteiger partial charge in [-0.05, 0) is 70.8 Å². The predicted molar refractivity (Wildman–Crippen MR) is 188 cm³/mol. The van der Waals surface area contributed by atoms with Crippen LogP contribution in [-0.4, -0.2) is 49.9 Å². The molecule has 49 heavy (non-hydrogen) atoms. The average molecular weight is 705 g/mol. The normalized spacial score (nSPS) is 16.6. The highest BCUT2D eigenvalue weighted by Gasteiger charge is 2.54. The molecule has 5 rings (SSSR count). The molecule has 0 spiro atoms. The van der Waals surface area contributed by atoms with Crippen LogP contribution in [0.2, 0.25) is 10.0 Å². The third kappa shape index (κ3) is 8.39. The zero-order chi connectivity index (χ0) is 34.8. The van der Waals surface area contributed by atoms with Crippen LogP contribution >= 0.6 is 23.2 Å². The van der Waals surface area contributed by atoms with Crippen LogP contribution < -0.4 is 19.5 Å². The second-order valence-electron chi connectivity index (χ2n) is 11.2. The quantitative estimate of drug-likeness (QED) is 0.0571. The maximum Gasteiger partial charge on any atom is 0.252 e. The van der Waals surface area contributed by atoms with Crippen LogP contribution in [0.3, 0.4) is 0 Å². The number of benzene rings is 4. The van der Waals surface area contributed by atoms with Gasteiger partial charge in [-0.3, -0.25) is 4.79 Å². The Morgan fingerprint density at radius 3 is 2.37 bits per heavy atom. The van der Waals surface area contributed by atoms with Crippen LogP contribution in [-0.2, 0) is 29.0 Å². The molecule has 0 aliphatic carbocycles. The molecule has 4 aromatic carbocycles. The van der Waals surface area contributed by atoms with Gasteiger partial charge < -0.3 is 29.4 Å². The minimum Gasteiger partial charge on any atom is -0.497 e. The lowest BCUT2D eigenvalue weighted by Gasteiger charge is -2.32. The molecule has 254 valence electrons. The number of azide groups is 1. The summed E-state index contributed by atoms with van der Waals surface area (Å²) in [4.78, 5) is 22.8. The van der Waals surface area contributed by atoms with Crippen LogP contribution in [0.25, 0.3) is 10.4 Å². The van der Waals surface area contributed by atoms with Crippen molar-refractivity contribution in [3.05, 3.63) is 133 Å². The number of rotatable bonds is 15. The highest BCUT2D eigenvalue weighted by atomic mass is 35.5. The number of hydrogen-bond acceptors (Lipinski definition) is 8. The predicted octanol–water partition coefficient (Wildman–Crippen LogP) is 7.40. The molecule has 0 radical (unpaired) electrons. The van der Waals surface area contributed by atoms with Gasteiger partial charge in [-0.15, -0.1) is 0 Å². The number of ether oxygens (including phenoxy) is 4. The van der Waals surface area contributed by atoms with Gasteiger partial charge in [0, 0.05) is 58.1 Å². The van der Waals surface area contributed by atoms with Crippen molar-refractivity contribution < 1.29 is 28.8 Å². The van der Waals surface area contributed by atoms with E-state index in [-0.39, 0.29) is 32.0 Å². The Morgan fingerprint density at radius 1 is 1.00 bits per heavy atom. The molecule has 13 heteroatoms.